The van der Waals surface area contributed by atoms with Crippen LogP contribution in [0, 0.1) is 0 Å². The smallest absolute Gasteiger partial charge is 0.329 e. The predicted octanol–water partition coefficient (Wildman–Crippen LogP) is 1.44. The Labute approximate surface area is 66.7 Å². The molecule has 1 atom stereocenters. The molecule has 0 rings (SSSR count). The average Bonchev–Trinajstić information content (AvgIpc) is 1.97. The summed E-state index contributed by atoms with van der Waals surface area (Å²) in [6.07, 6.45) is 3.27. The van der Waals surface area contributed by atoms with Crippen molar-refractivity contribution >= 4 is 5.97 Å². The van der Waals surface area contributed by atoms with Crippen molar-refractivity contribution in [3.63, 3.8) is 0 Å². The molecule has 0 fully saturated rings. The van der Waals surface area contributed by atoms with E-state index in [1.807, 2.05) is 6.92 Å². The monoisotopic (exact) mass is 158 g/mol. The molecule has 0 aliphatic rings. The van der Waals surface area contributed by atoms with Crippen molar-refractivity contribution in [3.05, 3.63) is 12.7 Å². The van der Waals surface area contributed by atoms with Crippen LogP contribution in [0.3, 0.4) is 0 Å². The highest BCUT2D eigenvalue weighted by Gasteiger charge is 2.05. The molecule has 11 heavy (non-hydrogen) atoms. The number of carbonyl (C=O) groups is 1. The Morgan fingerprint density at radius 2 is 2.45 bits per heavy atom. The molecule has 0 aromatic carbocycles. The highest BCUT2D eigenvalue weighted by molar-refractivity contribution is 5.68. The van der Waals surface area contributed by atoms with Crippen molar-refractivity contribution in [2.24, 2.45) is 0 Å². The van der Waals surface area contributed by atoms with Crippen LogP contribution in [0.15, 0.2) is 12.7 Å². The van der Waals surface area contributed by atoms with Crippen molar-refractivity contribution < 1.29 is 14.6 Å². The van der Waals surface area contributed by atoms with Crippen molar-refractivity contribution in [2.45, 2.75) is 25.9 Å². The van der Waals surface area contributed by atoms with Crippen LogP contribution in [-0.4, -0.2) is 23.8 Å². The lowest BCUT2D eigenvalue weighted by Crippen LogP contribution is -2.16. The maximum atomic E-state index is 10.1. The van der Waals surface area contributed by atoms with Gasteiger partial charge in [0.05, 0.1) is 6.10 Å². The summed E-state index contributed by atoms with van der Waals surface area (Å²) in [7, 11) is 0. The van der Waals surface area contributed by atoms with Crippen LogP contribution < -0.4 is 0 Å². The van der Waals surface area contributed by atoms with Crippen LogP contribution >= 0.6 is 0 Å². The molecule has 0 spiro atoms. The summed E-state index contributed by atoms with van der Waals surface area (Å²) in [5.74, 6) is -0.924. The van der Waals surface area contributed by atoms with E-state index in [-0.39, 0.29) is 12.7 Å². The normalized spacial score (nSPS) is 12.5. The Bertz CT molecular complexity index is 131. The number of carboxylic acid groups (broad SMARTS) is 1. The van der Waals surface area contributed by atoms with Gasteiger partial charge in [0.25, 0.3) is 0 Å². The molecule has 0 radical (unpaired) electrons. The van der Waals surface area contributed by atoms with Gasteiger partial charge >= 0.3 is 5.97 Å². The van der Waals surface area contributed by atoms with Crippen LogP contribution in [-0.2, 0) is 9.53 Å². The second-order valence-corrected chi connectivity index (χ2v) is 2.26. The van der Waals surface area contributed by atoms with E-state index in [2.05, 4.69) is 6.58 Å². The van der Waals surface area contributed by atoms with Crippen molar-refractivity contribution in [2.75, 3.05) is 6.61 Å². The van der Waals surface area contributed by atoms with Crippen LogP contribution in [0.1, 0.15) is 19.8 Å². The molecule has 64 valence electrons. The fourth-order valence-corrected chi connectivity index (χ4v) is 0.728. The number of ether oxygens (including phenoxy) is 1. The quantitative estimate of drug-likeness (QED) is 0.595. The van der Waals surface area contributed by atoms with Gasteiger partial charge in [-0.05, 0) is 12.8 Å². The minimum absolute atomic E-state index is 0.00333. The molecule has 0 saturated carbocycles. The largest absolute Gasteiger partial charge is 0.480 e. The molecule has 0 aromatic rings. The van der Waals surface area contributed by atoms with Gasteiger partial charge < -0.3 is 9.84 Å². The third kappa shape index (κ3) is 5.61. The summed E-state index contributed by atoms with van der Waals surface area (Å²) in [6, 6.07) is 0. The number of aliphatic carboxylic acids is 1. The second-order valence-electron chi connectivity index (χ2n) is 2.26. The lowest BCUT2D eigenvalue weighted by atomic mass is 10.2. The summed E-state index contributed by atoms with van der Waals surface area (Å²) in [5, 5.41) is 8.28. The van der Waals surface area contributed by atoms with Gasteiger partial charge in [0.2, 0.25) is 0 Å². The topological polar surface area (TPSA) is 46.5 Å². The van der Waals surface area contributed by atoms with Gasteiger partial charge in [0, 0.05) is 0 Å². The third-order valence-electron chi connectivity index (χ3n) is 1.33. The van der Waals surface area contributed by atoms with E-state index in [1.54, 1.807) is 6.08 Å². The fraction of sp³-hybridized carbons (Fsp3) is 0.625. The van der Waals surface area contributed by atoms with Crippen LogP contribution in [0.4, 0.5) is 0 Å². The van der Waals surface area contributed by atoms with E-state index in [9.17, 15) is 4.79 Å². The van der Waals surface area contributed by atoms with E-state index in [0.29, 0.717) is 6.42 Å². The molecule has 0 amide bonds. The van der Waals surface area contributed by atoms with Gasteiger partial charge in [-0.1, -0.05) is 13.0 Å². The number of hydrogen-bond donors (Lipinski definition) is 1. The maximum absolute atomic E-state index is 10.1. The van der Waals surface area contributed by atoms with Gasteiger partial charge in [-0.3, -0.25) is 0 Å². The summed E-state index contributed by atoms with van der Waals surface area (Å²) >= 11 is 0. The Hall–Kier alpha value is -0.830. The highest BCUT2D eigenvalue weighted by atomic mass is 16.5. The molecule has 0 aromatic heterocycles. The molecular weight excluding hydrogens is 144 g/mol. The maximum Gasteiger partial charge on any atom is 0.329 e. The number of carboxylic acids is 1. The van der Waals surface area contributed by atoms with Gasteiger partial charge in [0.1, 0.15) is 6.61 Å². The lowest BCUT2D eigenvalue weighted by Gasteiger charge is -2.11. The first-order valence-corrected chi connectivity index (χ1v) is 3.65. The lowest BCUT2D eigenvalue weighted by molar-refractivity contribution is -0.144. The molecule has 3 nitrogen and oxygen atoms in total. The molecule has 3 heteroatoms. The Kier molecular flexibility index (Phi) is 5.47. The second kappa shape index (κ2) is 5.92. The molecule has 1 N–H and O–H groups in total. The fourth-order valence-electron chi connectivity index (χ4n) is 0.728. The molecule has 0 saturated heterocycles. The van der Waals surface area contributed by atoms with E-state index >= 15 is 0 Å². The Morgan fingerprint density at radius 3 is 2.82 bits per heavy atom. The van der Waals surface area contributed by atoms with E-state index < -0.39 is 5.97 Å². The molecule has 0 bridgehead atoms. The Balaban J connectivity index is 3.51. The zero-order chi connectivity index (χ0) is 8.69. The first-order chi connectivity index (χ1) is 5.20. The highest BCUT2D eigenvalue weighted by Crippen LogP contribution is 2.03. The first kappa shape index (κ1) is 10.2. The molecule has 0 heterocycles. The number of hydrogen-bond acceptors (Lipinski definition) is 2. The standard InChI is InChI=1S/C8H14O3/c1-3-5-7(4-2)11-6-8(9)10/h3,7H,1,4-6H2,2H3,(H,9,10). The summed E-state index contributed by atoms with van der Waals surface area (Å²) in [5.41, 5.74) is 0. The average molecular weight is 158 g/mol. The summed E-state index contributed by atoms with van der Waals surface area (Å²) in [4.78, 5) is 10.1. The molecule has 1 unspecified atom stereocenters. The van der Waals surface area contributed by atoms with Crippen molar-refractivity contribution in [1.29, 1.82) is 0 Å². The summed E-state index contributed by atoms with van der Waals surface area (Å²) < 4.78 is 5.02. The molecular formula is C8H14O3. The number of rotatable bonds is 6. The van der Waals surface area contributed by atoms with E-state index in [0.717, 1.165) is 6.42 Å². The van der Waals surface area contributed by atoms with Crippen molar-refractivity contribution in [3.8, 4) is 0 Å². The zero-order valence-electron chi connectivity index (χ0n) is 6.75. The first-order valence-electron chi connectivity index (χ1n) is 3.65. The van der Waals surface area contributed by atoms with Gasteiger partial charge in [-0.25, -0.2) is 4.79 Å². The third-order valence-corrected chi connectivity index (χ3v) is 1.33. The SMILES string of the molecule is C=CCC(CC)OCC(=O)O. The predicted molar refractivity (Wildman–Crippen MR) is 42.5 cm³/mol. The molecule has 0 aliphatic carbocycles. The summed E-state index contributed by atoms with van der Waals surface area (Å²) in [6.45, 7) is 5.29. The van der Waals surface area contributed by atoms with E-state index in [4.69, 9.17) is 9.84 Å². The zero-order valence-corrected chi connectivity index (χ0v) is 6.75. The minimum Gasteiger partial charge on any atom is -0.480 e. The van der Waals surface area contributed by atoms with E-state index in [1.165, 1.54) is 0 Å². The minimum atomic E-state index is -0.924. The van der Waals surface area contributed by atoms with Gasteiger partial charge in [-0.15, -0.1) is 6.58 Å². The van der Waals surface area contributed by atoms with Crippen LogP contribution in [0.5, 0.6) is 0 Å². The van der Waals surface area contributed by atoms with Gasteiger partial charge in [0.15, 0.2) is 0 Å². The Morgan fingerprint density at radius 1 is 1.82 bits per heavy atom. The van der Waals surface area contributed by atoms with Crippen molar-refractivity contribution in [1.82, 2.24) is 0 Å². The van der Waals surface area contributed by atoms with Gasteiger partial charge in [-0.2, -0.15) is 0 Å². The van der Waals surface area contributed by atoms with Crippen LogP contribution in [0.25, 0.3) is 0 Å². The molecule has 0 aliphatic heterocycles. The van der Waals surface area contributed by atoms with Crippen LogP contribution in [0.2, 0.25) is 0 Å².